The van der Waals surface area contributed by atoms with E-state index >= 15 is 0 Å². The first-order valence-electron chi connectivity index (χ1n) is 4.49. The molecule has 15 heavy (non-hydrogen) atoms. The molecule has 0 aliphatic carbocycles. The van der Waals surface area contributed by atoms with E-state index in [2.05, 4.69) is 4.74 Å². The molecule has 0 saturated heterocycles. The molecule has 0 amide bonds. The van der Waals surface area contributed by atoms with Crippen LogP contribution in [0.25, 0.3) is 0 Å². The van der Waals surface area contributed by atoms with Crippen LogP contribution in [0.1, 0.15) is 13.3 Å². The van der Waals surface area contributed by atoms with Gasteiger partial charge in [0, 0.05) is 6.04 Å². The van der Waals surface area contributed by atoms with Crippen LogP contribution in [-0.2, 0) is 4.74 Å². The lowest BCUT2D eigenvalue weighted by Gasteiger charge is -2.24. The maximum atomic E-state index is 12.4. The van der Waals surface area contributed by atoms with Gasteiger partial charge in [-0.1, -0.05) is 6.92 Å². The summed E-state index contributed by atoms with van der Waals surface area (Å²) in [6, 6.07) is -0.650. The number of nitrogens with two attached hydrogens (primary N) is 1. The van der Waals surface area contributed by atoms with Crippen LogP contribution in [0.3, 0.4) is 0 Å². The van der Waals surface area contributed by atoms with Gasteiger partial charge in [-0.2, -0.15) is 8.78 Å². The largest absolute Gasteiger partial charge is 0.394 e. The van der Waals surface area contributed by atoms with E-state index in [9.17, 15) is 17.6 Å². The highest BCUT2D eigenvalue weighted by atomic mass is 19.3. The van der Waals surface area contributed by atoms with Gasteiger partial charge in [0.1, 0.15) is 6.61 Å². The highest BCUT2D eigenvalue weighted by Gasteiger charge is 2.41. The highest BCUT2D eigenvalue weighted by Crippen LogP contribution is 2.23. The van der Waals surface area contributed by atoms with Crippen LogP contribution < -0.4 is 5.73 Å². The minimum absolute atomic E-state index is 0.394. The number of aliphatic hydroxyl groups is 1. The number of hydrogen-bond acceptors (Lipinski definition) is 3. The molecule has 0 heterocycles. The van der Waals surface area contributed by atoms with E-state index in [0.29, 0.717) is 6.42 Å². The standard InChI is InChI=1S/C8H15F4NO2/c1-2-5(13)6(3-14)15-4-8(11,12)7(9)10/h5-7,14H,2-4,13H2,1H3. The SMILES string of the molecule is CCC(N)C(CO)OCC(F)(F)C(F)F. The van der Waals surface area contributed by atoms with Crippen molar-refractivity contribution < 1.29 is 27.4 Å². The lowest BCUT2D eigenvalue weighted by molar-refractivity contribution is -0.181. The highest BCUT2D eigenvalue weighted by molar-refractivity contribution is 4.74. The first-order chi connectivity index (χ1) is 6.85. The molecule has 3 nitrogen and oxygen atoms in total. The molecule has 0 aliphatic heterocycles. The van der Waals surface area contributed by atoms with Crippen molar-refractivity contribution in [1.29, 1.82) is 0 Å². The molecule has 7 heteroatoms. The second-order valence-corrected chi connectivity index (χ2v) is 3.17. The Labute approximate surface area is 85.2 Å². The fourth-order valence-electron chi connectivity index (χ4n) is 0.856. The molecular weight excluding hydrogens is 218 g/mol. The van der Waals surface area contributed by atoms with E-state index in [-0.39, 0.29) is 0 Å². The van der Waals surface area contributed by atoms with Gasteiger partial charge in [-0.3, -0.25) is 0 Å². The number of aliphatic hydroxyl groups excluding tert-OH is 1. The number of alkyl halides is 4. The molecule has 0 saturated carbocycles. The lowest BCUT2D eigenvalue weighted by atomic mass is 10.1. The van der Waals surface area contributed by atoms with Gasteiger partial charge in [0.05, 0.1) is 12.7 Å². The molecule has 0 aromatic carbocycles. The maximum absolute atomic E-state index is 12.4. The third-order valence-corrected chi connectivity index (χ3v) is 1.94. The van der Waals surface area contributed by atoms with E-state index in [4.69, 9.17) is 10.8 Å². The summed E-state index contributed by atoms with van der Waals surface area (Å²) >= 11 is 0. The molecule has 92 valence electrons. The van der Waals surface area contributed by atoms with Crippen LogP contribution in [0.15, 0.2) is 0 Å². The van der Waals surface area contributed by atoms with Crippen LogP contribution in [-0.4, -0.2) is 42.8 Å². The van der Waals surface area contributed by atoms with Gasteiger partial charge in [0.25, 0.3) is 0 Å². The summed E-state index contributed by atoms with van der Waals surface area (Å²) in [5.74, 6) is -4.21. The van der Waals surface area contributed by atoms with E-state index in [1.807, 2.05) is 0 Å². The molecule has 0 bridgehead atoms. The van der Waals surface area contributed by atoms with Crippen molar-refractivity contribution in [1.82, 2.24) is 0 Å². The number of halogens is 4. The average molecular weight is 233 g/mol. The summed E-state index contributed by atoms with van der Waals surface area (Å²) in [7, 11) is 0. The van der Waals surface area contributed by atoms with Gasteiger partial charge < -0.3 is 15.6 Å². The van der Waals surface area contributed by atoms with Crippen LogP contribution in [0, 0.1) is 0 Å². The zero-order valence-electron chi connectivity index (χ0n) is 8.30. The van der Waals surface area contributed by atoms with E-state index in [0.717, 1.165) is 0 Å². The number of rotatable bonds is 7. The van der Waals surface area contributed by atoms with Crippen LogP contribution in [0.2, 0.25) is 0 Å². The smallest absolute Gasteiger partial charge is 0.330 e. The fraction of sp³-hybridized carbons (Fsp3) is 1.00. The topological polar surface area (TPSA) is 55.5 Å². The van der Waals surface area contributed by atoms with Crippen LogP contribution in [0.4, 0.5) is 17.6 Å². The molecule has 0 spiro atoms. The van der Waals surface area contributed by atoms with E-state index in [1.165, 1.54) is 0 Å². The molecule has 0 fully saturated rings. The first-order valence-corrected chi connectivity index (χ1v) is 4.49. The molecule has 0 aromatic rings. The predicted octanol–water partition coefficient (Wildman–Crippen LogP) is 1.00. The van der Waals surface area contributed by atoms with Crippen LogP contribution in [0.5, 0.6) is 0 Å². The first kappa shape index (κ1) is 14.6. The Kier molecular flexibility index (Phi) is 6.07. The summed E-state index contributed by atoms with van der Waals surface area (Å²) in [5, 5.41) is 8.73. The third kappa shape index (κ3) is 4.76. The van der Waals surface area contributed by atoms with Crippen molar-refractivity contribution in [3.63, 3.8) is 0 Å². The quantitative estimate of drug-likeness (QED) is 0.645. The van der Waals surface area contributed by atoms with E-state index in [1.54, 1.807) is 6.92 Å². The van der Waals surface area contributed by atoms with Crippen molar-refractivity contribution in [2.45, 2.75) is 37.8 Å². The molecule has 2 unspecified atom stereocenters. The fourth-order valence-corrected chi connectivity index (χ4v) is 0.856. The van der Waals surface area contributed by atoms with Gasteiger partial charge in [-0.05, 0) is 6.42 Å². The van der Waals surface area contributed by atoms with Crippen molar-refractivity contribution in [3.8, 4) is 0 Å². The zero-order chi connectivity index (χ0) is 12.1. The molecule has 0 radical (unpaired) electrons. The molecule has 0 aliphatic rings. The Morgan fingerprint density at radius 1 is 1.40 bits per heavy atom. The van der Waals surface area contributed by atoms with Crippen molar-refractivity contribution in [2.75, 3.05) is 13.2 Å². The second-order valence-electron chi connectivity index (χ2n) is 3.17. The molecule has 0 aromatic heterocycles. The molecule has 2 atom stereocenters. The summed E-state index contributed by atoms with van der Waals surface area (Å²) in [6.45, 7) is -0.347. The zero-order valence-corrected chi connectivity index (χ0v) is 8.30. The maximum Gasteiger partial charge on any atom is 0.330 e. The minimum atomic E-state index is -4.21. The Balaban J connectivity index is 4.11. The number of hydrogen-bond donors (Lipinski definition) is 2. The molecular formula is C8H15F4NO2. The van der Waals surface area contributed by atoms with E-state index < -0.39 is 37.7 Å². The summed E-state index contributed by atoms with van der Waals surface area (Å²) in [4.78, 5) is 0. The Hall–Kier alpha value is -0.400. The van der Waals surface area contributed by atoms with Crippen molar-refractivity contribution in [3.05, 3.63) is 0 Å². The normalized spacial score (nSPS) is 16.8. The van der Waals surface area contributed by atoms with Gasteiger partial charge in [0.15, 0.2) is 0 Å². The Morgan fingerprint density at radius 2 is 1.93 bits per heavy atom. The van der Waals surface area contributed by atoms with Crippen molar-refractivity contribution in [2.24, 2.45) is 5.73 Å². The summed E-state index contributed by atoms with van der Waals surface area (Å²) in [6.07, 6.45) is -4.43. The van der Waals surface area contributed by atoms with Crippen molar-refractivity contribution >= 4 is 0 Å². The second kappa shape index (κ2) is 6.24. The lowest BCUT2D eigenvalue weighted by Crippen LogP contribution is -2.43. The Morgan fingerprint density at radius 3 is 2.27 bits per heavy atom. The average Bonchev–Trinajstić information content (AvgIpc) is 2.17. The van der Waals surface area contributed by atoms with Gasteiger partial charge >= 0.3 is 12.3 Å². The summed E-state index contributed by atoms with van der Waals surface area (Å²) in [5.41, 5.74) is 5.42. The molecule has 0 rings (SSSR count). The van der Waals surface area contributed by atoms with Crippen LogP contribution >= 0.6 is 0 Å². The minimum Gasteiger partial charge on any atom is -0.394 e. The Bertz CT molecular complexity index is 180. The predicted molar refractivity (Wildman–Crippen MR) is 46.0 cm³/mol. The molecule has 3 N–H and O–H groups in total. The summed E-state index contributed by atoms with van der Waals surface area (Å²) < 4.78 is 52.7. The monoisotopic (exact) mass is 233 g/mol. The van der Waals surface area contributed by atoms with Gasteiger partial charge in [0.2, 0.25) is 0 Å². The third-order valence-electron chi connectivity index (χ3n) is 1.94. The van der Waals surface area contributed by atoms with Gasteiger partial charge in [-0.15, -0.1) is 0 Å². The van der Waals surface area contributed by atoms with Gasteiger partial charge in [-0.25, -0.2) is 8.78 Å². The number of ether oxygens (including phenoxy) is 1.